The van der Waals surface area contributed by atoms with Crippen molar-refractivity contribution in [3.63, 3.8) is 0 Å². The molecule has 3 nitrogen and oxygen atoms in total. The van der Waals surface area contributed by atoms with Gasteiger partial charge in [0.1, 0.15) is 0 Å². The normalized spacial score (nSPS) is 22.5. The summed E-state index contributed by atoms with van der Waals surface area (Å²) < 4.78 is 0. The van der Waals surface area contributed by atoms with Gasteiger partial charge in [-0.3, -0.25) is 14.8 Å². The Balaban J connectivity index is 2.04. The van der Waals surface area contributed by atoms with Crippen molar-refractivity contribution in [2.24, 2.45) is 0 Å². The third-order valence-electron chi connectivity index (χ3n) is 2.16. The molecule has 3 heteroatoms. The molecule has 1 amide bonds. The van der Waals surface area contributed by atoms with E-state index >= 15 is 0 Å². The topological polar surface area (TPSA) is 23.6 Å². The monoisotopic (exact) mass is 164 g/mol. The van der Waals surface area contributed by atoms with Crippen LogP contribution in [0.3, 0.4) is 0 Å². The van der Waals surface area contributed by atoms with Crippen molar-refractivity contribution in [3.8, 4) is 0 Å². The predicted molar refractivity (Wildman–Crippen MR) is 45.9 cm³/mol. The second-order valence-electron chi connectivity index (χ2n) is 3.01. The molecule has 0 radical (unpaired) electrons. The summed E-state index contributed by atoms with van der Waals surface area (Å²) in [6.07, 6.45) is 9.64. The van der Waals surface area contributed by atoms with Crippen molar-refractivity contribution in [2.75, 3.05) is 13.1 Å². The first-order valence-corrected chi connectivity index (χ1v) is 4.28. The van der Waals surface area contributed by atoms with Crippen LogP contribution in [0, 0.1) is 0 Å². The fourth-order valence-electron chi connectivity index (χ4n) is 1.54. The number of hydrogen-bond acceptors (Lipinski definition) is 2. The fraction of sp³-hybridized carbons (Fsp3) is 0.444. The average Bonchev–Trinajstić information content (AvgIpc) is 2.53. The molecular weight excluding hydrogens is 152 g/mol. The zero-order valence-corrected chi connectivity index (χ0v) is 6.94. The third kappa shape index (κ3) is 1.22. The molecule has 1 fully saturated rings. The van der Waals surface area contributed by atoms with E-state index in [4.69, 9.17) is 0 Å². The number of amides is 1. The number of hydrazine groups is 1. The summed E-state index contributed by atoms with van der Waals surface area (Å²) in [6.45, 7) is 1.69. The molecule has 0 bridgehead atoms. The van der Waals surface area contributed by atoms with Crippen molar-refractivity contribution >= 4 is 5.91 Å². The molecule has 0 aliphatic carbocycles. The lowest BCUT2D eigenvalue weighted by molar-refractivity contribution is -0.138. The minimum Gasteiger partial charge on any atom is -0.286 e. The molecule has 0 saturated carbocycles. The Hall–Kier alpha value is -1.25. The molecule has 0 atom stereocenters. The number of carbonyl (C=O) groups excluding carboxylic acids is 1. The highest BCUT2D eigenvalue weighted by Crippen LogP contribution is 2.14. The van der Waals surface area contributed by atoms with Crippen LogP contribution in [-0.2, 0) is 4.79 Å². The van der Waals surface area contributed by atoms with E-state index in [1.54, 1.807) is 0 Å². The minimum atomic E-state index is 0.245. The first kappa shape index (κ1) is 7.40. The highest BCUT2D eigenvalue weighted by atomic mass is 16.2. The van der Waals surface area contributed by atoms with E-state index in [0.29, 0.717) is 6.42 Å². The Morgan fingerprint density at radius 2 is 2.25 bits per heavy atom. The Morgan fingerprint density at radius 1 is 1.33 bits per heavy atom. The van der Waals surface area contributed by atoms with Crippen LogP contribution in [0.15, 0.2) is 24.4 Å². The predicted octanol–water partition coefficient (Wildman–Crippen LogP) is 0.909. The van der Waals surface area contributed by atoms with Gasteiger partial charge in [-0.05, 0) is 12.5 Å². The van der Waals surface area contributed by atoms with Crippen LogP contribution in [0.25, 0.3) is 0 Å². The van der Waals surface area contributed by atoms with Gasteiger partial charge >= 0.3 is 0 Å². The molecule has 0 unspecified atom stereocenters. The van der Waals surface area contributed by atoms with Gasteiger partial charge in [0.2, 0.25) is 5.91 Å². The summed E-state index contributed by atoms with van der Waals surface area (Å²) >= 11 is 0. The van der Waals surface area contributed by atoms with Gasteiger partial charge in [-0.2, -0.15) is 0 Å². The number of allylic oxidation sites excluding steroid dienone is 2. The standard InChI is InChI=1S/C9H12N2O/c12-9-5-4-8-11(9)10-6-2-1-3-7-10/h1-3,6H,4-5,7-8H2. The minimum absolute atomic E-state index is 0.245. The smallest absolute Gasteiger partial charge is 0.241 e. The molecule has 0 spiro atoms. The first-order chi connectivity index (χ1) is 5.88. The molecule has 0 N–H and O–H groups in total. The molecule has 1 saturated heterocycles. The van der Waals surface area contributed by atoms with Crippen LogP contribution in [0.4, 0.5) is 0 Å². The molecule has 2 aliphatic rings. The van der Waals surface area contributed by atoms with Crippen molar-refractivity contribution < 1.29 is 4.79 Å². The van der Waals surface area contributed by atoms with Gasteiger partial charge in [0.25, 0.3) is 0 Å². The van der Waals surface area contributed by atoms with Gasteiger partial charge in [0.05, 0.1) is 6.54 Å². The molecule has 0 aromatic rings. The number of rotatable bonds is 1. The summed E-state index contributed by atoms with van der Waals surface area (Å²) in [5.41, 5.74) is 0. The lowest BCUT2D eigenvalue weighted by Gasteiger charge is -2.30. The largest absolute Gasteiger partial charge is 0.286 e. The Morgan fingerprint density at radius 3 is 2.83 bits per heavy atom. The van der Waals surface area contributed by atoms with Gasteiger partial charge in [-0.1, -0.05) is 12.2 Å². The number of nitrogens with zero attached hydrogens (tertiary/aromatic N) is 2. The van der Waals surface area contributed by atoms with E-state index in [2.05, 4.69) is 0 Å². The van der Waals surface area contributed by atoms with Crippen LogP contribution in [0.2, 0.25) is 0 Å². The van der Waals surface area contributed by atoms with E-state index < -0.39 is 0 Å². The second kappa shape index (κ2) is 3.01. The maximum atomic E-state index is 11.3. The first-order valence-electron chi connectivity index (χ1n) is 4.28. The highest BCUT2D eigenvalue weighted by Gasteiger charge is 2.23. The Labute approximate surface area is 71.9 Å². The fourth-order valence-corrected chi connectivity index (χ4v) is 1.54. The molecular formula is C9H12N2O. The van der Waals surface area contributed by atoms with Crippen LogP contribution in [-0.4, -0.2) is 29.0 Å². The number of carbonyl (C=O) groups is 1. The van der Waals surface area contributed by atoms with Crippen LogP contribution < -0.4 is 0 Å². The lowest BCUT2D eigenvalue weighted by atomic mass is 10.4. The van der Waals surface area contributed by atoms with E-state index in [9.17, 15) is 4.79 Å². The maximum Gasteiger partial charge on any atom is 0.241 e. The van der Waals surface area contributed by atoms with Crippen LogP contribution >= 0.6 is 0 Å². The van der Waals surface area contributed by atoms with Gasteiger partial charge in [0, 0.05) is 19.2 Å². The van der Waals surface area contributed by atoms with Gasteiger partial charge in [-0.15, -0.1) is 0 Å². The van der Waals surface area contributed by atoms with Gasteiger partial charge < -0.3 is 0 Å². The number of hydrogen-bond donors (Lipinski definition) is 0. The van der Waals surface area contributed by atoms with E-state index in [0.717, 1.165) is 19.5 Å². The van der Waals surface area contributed by atoms with Crippen molar-refractivity contribution in [1.82, 2.24) is 10.0 Å². The Bertz CT molecular complexity index is 245. The molecule has 0 aromatic carbocycles. The maximum absolute atomic E-state index is 11.3. The van der Waals surface area contributed by atoms with Gasteiger partial charge in [0.15, 0.2) is 0 Å². The zero-order chi connectivity index (χ0) is 8.39. The van der Waals surface area contributed by atoms with Gasteiger partial charge in [-0.25, -0.2) is 0 Å². The molecule has 2 rings (SSSR count). The van der Waals surface area contributed by atoms with E-state index in [1.807, 2.05) is 34.4 Å². The molecule has 12 heavy (non-hydrogen) atoms. The SMILES string of the molecule is O=C1CCCN1N1C=CC=CC1. The summed E-state index contributed by atoms with van der Waals surface area (Å²) in [5.74, 6) is 0.245. The highest BCUT2D eigenvalue weighted by molar-refractivity contribution is 5.77. The second-order valence-corrected chi connectivity index (χ2v) is 3.01. The molecule has 64 valence electrons. The van der Waals surface area contributed by atoms with Crippen molar-refractivity contribution in [2.45, 2.75) is 12.8 Å². The van der Waals surface area contributed by atoms with E-state index in [1.165, 1.54) is 0 Å². The van der Waals surface area contributed by atoms with Crippen molar-refractivity contribution in [3.05, 3.63) is 24.4 Å². The van der Waals surface area contributed by atoms with Crippen LogP contribution in [0.5, 0.6) is 0 Å². The summed E-state index contributed by atoms with van der Waals surface area (Å²) in [5, 5.41) is 3.79. The summed E-state index contributed by atoms with van der Waals surface area (Å²) in [7, 11) is 0. The molecule has 0 aromatic heterocycles. The molecule has 2 heterocycles. The van der Waals surface area contributed by atoms with Crippen molar-refractivity contribution in [1.29, 1.82) is 0 Å². The summed E-state index contributed by atoms with van der Waals surface area (Å²) in [4.78, 5) is 11.3. The average molecular weight is 164 g/mol. The quantitative estimate of drug-likeness (QED) is 0.575. The lowest BCUT2D eigenvalue weighted by Crippen LogP contribution is -2.40. The van der Waals surface area contributed by atoms with E-state index in [-0.39, 0.29) is 5.91 Å². The van der Waals surface area contributed by atoms with Crippen LogP contribution in [0.1, 0.15) is 12.8 Å². The summed E-state index contributed by atoms with van der Waals surface area (Å²) in [6, 6.07) is 0. The Kier molecular flexibility index (Phi) is 1.86. The molecule has 2 aliphatic heterocycles. The zero-order valence-electron chi connectivity index (χ0n) is 6.94. The third-order valence-corrected chi connectivity index (χ3v) is 2.16.